The van der Waals surface area contributed by atoms with Gasteiger partial charge in [0.15, 0.2) is 0 Å². The first-order valence-corrected chi connectivity index (χ1v) is 11.8. The summed E-state index contributed by atoms with van der Waals surface area (Å²) in [6.07, 6.45) is 0.775. The molecule has 0 radical (unpaired) electrons. The van der Waals surface area contributed by atoms with Crippen LogP contribution in [0.2, 0.25) is 0 Å². The molecule has 1 amide bonds. The summed E-state index contributed by atoms with van der Waals surface area (Å²) in [6.45, 7) is 4.77. The van der Waals surface area contributed by atoms with Crippen LogP contribution in [0.5, 0.6) is 0 Å². The van der Waals surface area contributed by atoms with Gasteiger partial charge in [-0.3, -0.25) is 9.10 Å². The van der Waals surface area contributed by atoms with E-state index in [4.69, 9.17) is 0 Å². The molecule has 0 saturated heterocycles. The highest BCUT2D eigenvalue weighted by Gasteiger charge is 2.30. The molecule has 1 heterocycles. The predicted molar refractivity (Wildman–Crippen MR) is 122 cm³/mol. The lowest BCUT2D eigenvalue weighted by molar-refractivity contribution is -0.130. The minimum Gasteiger partial charge on any atom is -0.336 e. The van der Waals surface area contributed by atoms with E-state index in [0.717, 1.165) is 23.1 Å². The Kier molecular flexibility index (Phi) is 5.83. The van der Waals surface area contributed by atoms with Gasteiger partial charge in [-0.1, -0.05) is 48.5 Å². The molecule has 0 saturated carbocycles. The standard InChI is InChI=1S/C25H26N2O3S/c1-19-12-13-23(16-20(19)2)27(31(29,30)24-10-4-3-5-11-24)18-25(28)26-15-14-21-8-6-7-9-22(21)17-26/h3-13,16H,14-15,17-18H2,1-2H3. The van der Waals surface area contributed by atoms with Crippen molar-refractivity contribution in [3.8, 4) is 0 Å². The average molecular weight is 435 g/mol. The molecule has 31 heavy (non-hydrogen) atoms. The molecule has 1 aliphatic heterocycles. The summed E-state index contributed by atoms with van der Waals surface area (Å²) < 4.78 is 28.2. The number of benzene rings is 3. The first-order valence-electron chi connectivity index (χ1n) is 10.4. The maximum atomic E-state index is 13.5. The van der Waals surface area contributed by atoms with Crippen molar-refractivity contribution >= 4 is 21.6 Å². The number of rotatable bonds is 5. The summed E-state index contributed by atoms with van der Waals surface area (Å²) in [5.74, 6) is -0.202. The first-order chi connectivity index (χ1) is 14.9. The Hall–Kier alpha value is -3.12. The fraction of sp³-hybridized carbons (Fsp3) is 0.240. The number of nitrogens with zero attached hydrogens (tertiary/aromatic N) is 2. The molecule has 0 N–H and O–H groups in total. The van der Waals surface area contributed by atoms with Gasteiger partial charge in [0.1, 0.15) is 6.54 Å². The van der Waals surface area contributed by atoms with E-state index in [1.54, 1.807) is 41.3 Å². The van der Waals surface area contributed by atoms with Gasteiger partial charge in [-0.05, 0) is 66.8 Å². The summed E-state index contributed by atoms with van der Waals surface area (Å²) in [5.41, 5.74) is 4.91. The summed E-state index contributed by atoms with van der Waals surface area (Å²) in [4.78, 5) is 15.2. The highest BCUT2D eigenvalue weighted by atomic mass is 32.2. The Labute approximate surface area is 184 Å². The number of hydrogen-bond donors (Lipinski definition) is 0. The van der Waals surface area contributed by atoms with Gasteiger partial charge in [-0.25, -0.2) is 8.42 Å². The second-order valence-electron chi connectivity index (χ2n) is 7.93. The second-order valence-corrected chi connectivity index (χ2v) is 9.79. The summed E-state index contributed by atoms with van der Waals surface area (Å²) in [7, 11) is -3.89. The second kappa shape index (κ2) is 8.55. The zero-order valence-electron chi connectivity index (χ0n) is 17.8. The normalized spacial score (nSPS) is 13.5. The molecule has 0 aliphatic carbocycles. The maximum absolute atomic E-state index is 13.5. The van der Waals surface area contributed by atoms with Crippen LogP contribution in [-0.4, -0.2) is 32.3 Å². The molecule has 160 valence electrons. The number of carbonyl (C=O) groups is 1. The smallest absolute Gasteiger partial charge is 0.264 e. The van der Waals surface area contributed by atoms with Gasteiger partial charge in [0.05, 0.1) is 10.6 Å². The minimum absolute atomic E-state index is 0.171. The Morgan fingerprint density at radius 2 is 1.58 bits per heavy atom. The first kappa shape index (κ1) is 21.1. The van der Waals surface area contributed by atoms with E-state index in [1.165, 1.54) is 9.87 Å². The summed E-state index contributed by atoms with van der Waals surface area (Å²) in [6, 6.07) is 21.8. The van der Waals surface area contributed by atoms with Crippen LogP contribution >= 0.6 is 0 Å². The molecule has 5 nitrogen and oxygen atoms in total. The topological polar surface area (TPSA) is 57.7 Å². The van der Waals surface area contributed by atoms with Gasteiger partial charge in [0.25, 0.3) is 10.0 Å². The van der Waals surface area contributed by atoms with Crippen molar-refractivity contribution < 1.29 is 13.2 Å². The highest BCUT2D eigenvalue weighted by Crippen LogP contribution is 2.27. The molecule has 3 aromatic carbocycles. The summed E-state index contributed by atoms with van der Waals surface area (Å²) in [5, 5.41) is 0. The molecule has 3 aromatic rings. The number of fused-ring (bicyclic) bond motifs is 1. The summed E-state index contributed by atoms with van der Waals surface area (Å²) >= 11 is 0. The Balaban J connectivity index is 1.66. The molecule has 0 atom stereocenters. The van der Waals surface area contributed by atoms with Crippen molar-refractivity contribution in [1.82, 2.24) is 4.90 Å². The third-order valence-corrected chi connectivity index (χ3v) is 7.66. The van der Waals surface area contributed by atoms with Crippen LogP contribution in [0.4, 0.5) is 5.69 Å². The molecule has 0 spiro atoms. The van der Waals surface area contributed by atoms with E-state index >= 15 is 0 Å². The molecular formula is C25H26N2O3S. The lowest BCUT2D eigenvalue weighted by atomic mass is 10.00. The Morgan fingerprint density at radius 1 is 0.903 bits per heavy atom. The zero-order valence-corrected chi connectivity index (χ0v) is 18.6. The van der Waals surface area contributed by atoms with Crippen LogP contribution in [0.3, 0.4) is 0 Å². The van der Waals surface area contributed by atoms with Crippen LogP contribution in [-0.2, 0) is 27.8 Å². The van der Waals surface area contributed by atoms with Crippen molar-refractivity contribution in [1.29, 1.82) is 0 Å². The number of amides is 1. The van der Waals surface area contributed by atoms with E-state index in [2.05, 4.69) is 6.07 Å². The number of carbonyl (C=O) groups excluding carboxylic acids is 1. The zero-order chi connectivity index (χ0) is 22.0. The van der Waals surface area contributed by atoms with Gasteiger partial charge in [0, 0.05) is 13.1 Å². The monoisotopic (exact) mass is 434 g/mol. The highest BCUT2D eigenvalue weighted by molar-refractivity contribution is 7.92. The minimum atomic E-state index is -3.89. The van der Waals surface area contributed by atoms with Crippen molar-refractivity contribution in [2.45, 2.75) is 31.7 Å². The maximum Gasteiger partial charge on any atom is 0.264 e. The van der Waals surface area contributed by atoms with Crippen molar-refractivity contribution in [3.63, 3.8) is 0 Å². The van der Waals surface area contributed by atoms with E-state index < -0.39 is 10.0 Å². The fourth-order valence-corrected chi connectivity index (χ4v) is 5.27. The van der Waals surface area contributed by atoms with Gasteiger partial charge in [-0.2, -0.15) is 0 Å². The van der Waals surface area contributed by atoms with Crippen molar-refractivity contribution in [3.05, 3.63) is 95.1 Å². The number of anilines is 1. The van der Waals surface area contributed by atoms with Crippen LogP contribution in [0.1, 0.15) is 22.3 Å². The lowest BCUT2D eigenvalue weighted by Gasteiger charge is -2.32. The van der Waals surface area contributed by atoms with E-state index in [-0.39, 0.29) is 17.3 Å². The molecule has 0 fully saturated rings. The van der Waals surface area contributed by atoms with Gasteiger partial charge >= 0.3 is 0 Å². The molecule has 1 aliphatic rings. The molecular weight excluding hydrogens is 408 g/mol. The molecule has 6 heteroatoms. The van der Waals surface area contributed by atoms with E-state index in [0.29, 0.717) is 18.8 Å². The van der Waals surface area contributed by atoms with Crippen LogP contribution < -0.4 is 4.31 Å². The fourth-order valence-electron chi connectivity index (χ4n) is 3.85. The molecule has 0 aromatic heterocycles. The van der Waals surface area contributed by atoms with Gasteiger partial charge < -0.3 is 4.90 Å². The third kappa shape index (κ3) is 4.35. The third-order valence-electron chi connectivity index (χ3n) is 5.87. The van der Waals surface area contributed by atoms with Crippen LogP contribution in [0.25, 0.3) is 0 Å². The Bertz CT molecular complexity index is 1210. The average Bonchev–Trinajstić information content (AvgIpc) is 2.79. The van der Waals surface area contributed by atoms with E-state index in [9.17, 15) is 13.2 Å². The Morgan fingerprint density at radius 3 is 2.29 bits per heavy atom. The predicted octanol–water partition coefficient (Wildman–Crippen LogP) is 4.08. The molecule has 4 rings (SSSR count). The molecule has 0 unspecified atom stereocenters. The number of aryl methyl sites for hydroxylation is 2. The van der Waals surface area contributed by atoms with Crippen molar-refractivity contribution in [2.24, 2.45) is 0 Å². The van der Waals surface area contributed by atoms with Crippen molar-refractivity contribution in [2.75, 3.05) is 17.4 Å². The lowest BCUT2D eigenvalue weighted by Crippen LogP contribution is -2.44. The molecule has 0 bridgehead atoms. The van der Waals surface area contributed by atoms with Crippen LogP contribution in [0, 0.1) is 13.8 Å². The van der Waals surface area contributed by atoms with Gasteiger partial charge in [-0.15, -0.1) is 0 Å². The largest absolute Gasteiger partial charge is 0.336 e. The van der Waals surface area contributed by atoms with Crippen LogP contribution in [0.15, 0.2) is 77.7 Å². The number of hydrogen-bond acceptors (Lipinski definition) is 3. The van der Waals surface area contributed by atoms with Gasteiger partial charge in [0.2, 0.25) is 5.91 Å². The quantitative estimate of drug-likeness (QED) is 0.608. The number of sulfonamides is 1. The SMILES string of the molecule is Cc1ccc(N(CC(=O)N2CCc3ccccc3C2)S(=O)(=O)c2ccccc2)cc1C. The van der Waals surface area contributed by atoms with E-state index in [1.807, 2.05) is 44.2 Å².